The summed E-state index contributed by atoms with van der Waals surface area (Å²) in [6.45, 7) is 1.39. The Morgan fingerprint density at radius 1 is 1.62 bits per heavy atom. The Bertz CT molecular complexity index is 68.8. The molecule has 3 heteroatoms. The molecule has 1 aliphatic heterocycles. The molecule has 1 nitrogen and oxygen atoms in total. The summed E-state index contributed by atoms with van der Waals surface area (Å²) in [4.78, 5) is 0. The van der Waals surface area contributed by atoms with Gasteiger partial charge in [0.2, 0.25) is 0 Å². The second kappa shape index (κ2) is 2.69. The molecule has 1 rings (SSSR count). The van der Waals surface area contributed by atoms with Crippen molar-refractivity contribution in [2.45, 2.75) is 17.8 Å². The maximum atomic E-state index is 12.4. The smallest absolute Gasteiger partial charge is 0.124 e. The van der Waals surface area contributed by atoms with E-state index in [-0.39, 0.29) is 5.25 Å². The zero-order valence-corrected chi connectivity index (χ0v) is 5.50. The summed E-state index contributed by atoms with van der Waals surface area (Å²) in [7, 11) is 0. The number of alkyl halides is 1. The summed E-state index contributed by atoms with van der Waals surface area (Å²) in [5, 5.41) is 2.91. The Balaban J connectivity index is 2.28. The minimum absolute atomic E-state index is 0.0313. The number of nitrogens with one attached hydrogen (secondary N) is 1. The average molecular weight is 135 g/mol. The van der Waals surface area contributed by atoms with E-state index in [0.717, 1.165) is 13.0 Å². The summed E-state index contributed by atoms with van der Waals surface area (Å²) in [6.07, 6.45) is 0.108. The van der Waals surface area contributed by atoms with Gasteiger partial charge in [0.1, 0.15) is 6.17 Å². The second-order valence-corrected chi connectivity index (χ2v) is 2.74. The molecule has 2 atom stereocenters. The summed E-state index contributed by atoms with van der Waals surface area (Å²) >= 11 is 4.04. The highest BCUT2D eigenvalue weighted by Gasteiger charge is 2.19. The Morgan fingerprint density at radius 2 is 2.38 bits per heavy atom. The van der Waals surface area contributed by atoms with Crippen molar-refractivity contribution in [2.24, 2.45) is 0 Å². The van der Waals surface area contributed by atoms with E-state index in [0.29, 0.717) is 6.54 Å². The zero-order chi connectivity index (χ0) is 5.98. The minimum Gasteiger partial charge on any atom is -0.314 e. The lowest BCUT2D eigenvalue weighted by molar-refractivity contribution is 0.276. The number of piperidine rings is 1. The van der Waals surface area contributed by atoms with Crippen molar-refractivity contribution in [1.29, 1.82) is 0 Å². The highest BCUT2D eigenvalue weighted by atomic mass is 32.1. The van der Waals surface area contributed by atoms with Gasteiger partial charge in [-0.25, -0.2) is 4.39 Å². The molecule has 1 fully saturated rings. The molecule has 0 saturated carbocycles. The number of hydrogen-bond acceptors (Lipinski definition) is 2. The van der Waals surface area contributed by atoms with Crippen molar-refractivity contribution < 1.29 is 4.39 Å². The predicted molar refractivity (Wildman–Crippen MR) is 35.2 cm³/mol. The molecule has 0 spiro atoms. The Hall–Kier alpha value is 0.240. The van der Waals surface area contributed by atoms with E-state index in [2.05, 4.69) is 17.9 Å². The van der Waals surface area contributed by atoms with Gasteiger partial charge in [0, 0.05) is 11.8 Å². The van der Waals surface area contributed by atoms with Gasteiger partial charge in [-0.1, -0.05) is 0 Å². The first-order valence-corrected chi connectivity index (χ1v) is 3.35. The van der Waals surface area contributed by atoms with E-state index >= 15 is 0 Å². The first kappa shape index (κ1) is 6.36. The average Bonchev–Trinajstić information content (AvgIpc) is 1.77. The highest BCUT2D eigenvalue weighted by Crippen LogP contribution is 2.12. The number of hydrogen-bond donors (Lipinski definition) is 2. The maximum Gasteiger partial charge on any atom is 0.124 e. The van der Waals surface area contributed by atoms with E-state index in [1.54, 1.807) is 0 Å². The lowest BCUT2D eigenvalue weighted by atomic mass is 10.1. The summed E-state index contributed by atoms with van der Waals surface area (Å²) in [5.74, 6) is 0. The van der Waals surface area contributed by atoms with Gasteiger partial charge < -0.3 is 5.32 Å². The number of thiol groups is 1. The Kier molecular flexibility index (Phi) is 2.14. The second-order valence-electron chi connectivity index (χ2n) is 2.08. The SMILES string of the molecule is FC1CNCCC1S. The van der Waals surface area contributed by atoms with Crippen LogP contribution in [-0.4, -0.2) is 24.5 Å². The van der Waals surface area contributed by atoms with Crippen LogP contribution in [0.1, 0.15) is 6.42 Å². The molecule has 0 amide bonds. The molecule has 0 aromatic carbocycles. The Labute approximate surface area is 54.1 Å². The fourth-order valence-corrected chi connectivity index (χ4v) is 1.04. The topological polar surface area (TPSA) is 12.0 Å². The van der Waals surface area contributed by atoms with Gasteiger partial charge in [0.25, 0.3) is 0 Å². The van der Waals surface area contributed by atoms with Crippen LogP contribution in [0.15, 0.2) is 0 Å². The van der Waals surface area contributed by atoms with Crippen LogP contribution in [0.4, 0.5) is 4.39 Å². The van der Waals surface area contributed by atoms with Crippen LogP contribution in [0.5, 0.6) is 0 Å². The van der Waals surface area contributed by atoms with E-state index in [9.17, 15) is 4.39 Å². The third-order valence-electron chi connectivity index (χ3n) is 1.37. The molecular weight excluding hydrogens is 125 g/mol. The van der Waals surface area contributed by atoms with Crippen molar-refractivity contribution in [2.75, 3.05) is 13.1 Å². The first-order chi connectivity index (χ1) is 3.80. The highest BCUT2D eigenvalue weighted by molar-refractivity contribution is 7.81. The standard InChI is InChI=1S/C5H10FNS/c6-4-3-7-2-1-5(4)8/h4-5,7-8H,1-3H2. The van der Waals surface area contributed by atoms with Crippen molar-refractivity contribution in [1.82, 2.24) is 5.32 Å². The minimum atomic E-state index is -0.743. The molecule has 0 aromatic heterocycles. The van der Waals surface area contributed by atoms with Crippen LogP contribution < -0.4 is 5.32 Å². The molecule has 1 N–H and O–H groups in total. The van der Waals surface area contributed by atoms with Crippen molar-refractivity contribution in [3.8, 4) is 0 Å². The largest absolute Gasteiger partial charge is 0.314 e. The zero-order valence-electron chi connectivity index (χ0n) is 4.60. The van der Waals surface area contributed by atoms with Gasteiger partial charge in [-0.15, -0.1) is 0 Å². The van der Waals surface area contributed by atoms with E-state index < -0.39 is 6.17 Å². The van der Waals surface area contributed by atoms with Gasteiger partial charge in [-0.3, -0.25) is 0 Å². The van der Waals surface area contributed by atoms with Gasteiger partial charge in [-0.2, -0.15) is 12.6 Å². The molecule has 1 aliphatic rings. The third kappa shape index (κ3) is 1.36. The van der Waals surface area contributed by atoms with Crippen LogP contribution in [0.3, 0.4) is 0 Å². The van der Waals surface area contributed by atoms with Gasteiger partial charge in [0.15, 0.2) is 0 Å². The van der Waals surface area contributed by atoms with E-state index in [4.69, 9.17) is 0 Å². The quantitative estimate of drug-likeness (QED) is 0.464. The lowest BCUT2D eigenvalue weighted by Crippen LogP contribution is -2.38. The fourth-order valence-electron chi connectivity index (χ4n) is 0.807. The molecule has 0 aliphatic carbocycles. The van der Waals surface area contributed by atoms with Gasteiger partial charge in [0.05, 0.1) is 0 Å². The molecule has 1 saturated heterocycles. The van der Waals surface area contributed by atoms with E-state index in [1.165, 1.54) is 0 Å². The Morgan fingerprint density at radius 3 is 2.75 bits per heavy atom. The van der Waals surface area contributed by atoms with Gasteiger partial charge in [-0.05, 0) is 13.0 Å². The molecule has 1 heterocycles. The molecule has 0 radical (unpaired) electrons. The van der Waals surface area contributed by atoms with Crippen molar-refractivity contribution >= 4 is 12.6 Å². The van der Waals surface area contributed by atoms with Crippen molar-refractivity contribution in [3.63, 3.8) is 0 Å². The van der Waals surface area contributed by atoms with E-state index in [1.807, 2.05) is 0 Å². The third-order valence-corrected chi connectivity index (χ3v) is 1.96. The van der Waals surface area contributed by atoms with Gasteiger partial charge >= 0.3 is 0 Å². The van der Waals surface area contributed by atoms with Crippen LogP contribution in [-0.2, 0) is 0 Å². The van der Waals surface area contributed by atoms with Crippen LogP contribution in [0.25, 0.3) is 0 Å². The van der Waals surface area contributed by atoms with Crippen LogP contribution in [0.2, 0.25) is 0 Å². The fraction of sp³-hybridized carbons (Fsp3) is 1.00. The van der Waals surface area contributed by atoms with Crippen molar-refractivity contribution in [3.05, 3.63) is 0 Å². The van der Waals surface area contributed by atoms with Crippen LogP contribution in [0, 0.1) is 0 Å². The summed E-state index contributed by atoms with van der Waals surface area (Å²) in [6, 6.07) is 0. The van der Waals surface area contributed by atoms with Crippen LogP contribution >= 0.6 is 12.6 Å². The molecule has 8 heavy (non-hydrogen) atoms. The molecule has 48 valence electrons. The maximum absolute atomic E-state index is 12.4. The number of halogens is 1. The molecule has 0 bridgehead atoms. The summed E-state index contributed by atoms with van der Waals surface area (Å²) in [5.41, 5.74) is 0. The monoisotopic (exact) mass is 135 g/mol. The first-order valence-electron chi connectivity index (χ1n) is 2.83. The molecular formula is C5H10FNS. The lowest BCUT2D eigenvalue weighted by Gasteiger charge is -2.21. The molecule has 2 unspecified atom stereocenters. The number of rotatable bonds is 0. The summed E-state index contributed by atoms with van der Waals surface area (Å²) < 4.78 is 12.4. The normalized spacial score (nSPS) is 39.8. The molecule has 0 aromatic rings. The predicted octanol–water partition coefficient (Wildman–Crippen LogP) is 0.616.